The molecule has 1 N–H and O–H groups in total. The average molecular weight is 285 g/mol. The van der Waals surface area contributed by atoms with Crippen LogP contribution in [0, 0.1) is 0 Å². The van der Waals surface area contributed by atoms with Crippen LogP contribution in [-0.2, 0) is 0 Å². The molecule has 122 valence electrons. The summed E-state index contributed by atoms with van der Waals surface area (Å²) in [5, 5.41) is 10.9. The van der Waals surface area contributed by atoms with Crippen LogP contribution in [0.3, 0.4) is 0 Å². The van der Waals surface area contributed by atoms with Crippen LogP contribution < -0.4 is 0 Å². The van der Waals surface area contributed by atoms with E-state index in [2.05, 4.69) is 20.8 Å². The van der Waals surface area contributed by atoms with Gasteiger partial charge in [0.25, 0.3) is 0 Å². The van der Waals surface area contributed by atoms with Crippen molar-refractivity contribution in [2.24, 2.45) is 0 Å². The van der Waals surface area contributed by atoms with Gasteiger partial charge in [-0.25, -0.2) is 0 Å². The summed E-state index contributed by atoms with van der Waals surface area (Å²) in [5.74, 6) is 0. The quantitative estimate of drug-likeness (QED) is 0.335. The molecule has 0 rings (SSSR count). The zero-order chi connectivity index (χ0) is 15.1. The van der Waals surface area contributed by atoms with E-state index in [0.717, 1.165) is 19.3 Å². The van der Waals surface area contributed by atoms with E-state index in [1.54, 1.807) is 0 Å². The zero-order valence-electron chi connectivity index (χ0n) is 14.6. The molecule has 0 aliphatic rings. The fourth-order valence-electron chi connectivity index (χ4n) is 3.02. The van der Waals surface area contributed by atoms with Gasteiger partial charge in [-0.3, -0.25) is 0 Å². The molecule has 0 unspecified atom stereocenters. The maximum atomic E-state index is 10.9. The van der Waals surface area contributed by atoms with E-state index in [0.29, 0.717) is 0 Å². The first-order valence-electron chi connectivity index (χ1n) is 9.41. The van der Waals surface area contributed by atoms with Crippen LogP contribution in [0.15, 0.2) is 0 Å². The van der Waals surface area contributed by atoms with Crippen LogP contribution in [0.4, 0.5) is 0 Å². The molecule has 0 amide bonds. The smallest absolute Gasteiger partial charge is 0.0647 e. The Balaban J connectivity index is 3.98. The molecule has 1 nitrogen and oxygen atoms in total. The van der Waals surface area contributed by atoms with Crippen molar-refractivity contribution in [2.75, 3.05) is 0 Å². The summed E-state index contributed by atoms with van der Waals surface area (Å²) in [7, 11) is 0. The molecule has 0 heterocycles. The van der Waals surface area contributed by atoms with Crippen molar-refractivity contribution in [2.45, 2.75) is 123 Å². The molecular formula is C19H40O. The summed E-state index contributed by atoms with van der Waals surface area (Å²) >= 11 is 0. The molecule has 0 saturated heterocycles. The Morgan fingerprint density at radius 2 is 0.800 bits per heavy atom. The zero-order valence-corrected chi connectivity index (χ0v) is 14.6. The molecule has 0 bridgehead atoms. The fourth-order valence-corrected chi connectivity index (χ4v) is 3.02. The Bertz CT molecular complexity index is 157. The Hall–Kier alpha value is -0.0400. The summed E-state index contributed by atoms with van der Waals surface area (Å²) < 4.78 is 0. The molecular weight excluding hydrogens is 244 g/mol. The van der Waals surface area contributed by atoms with Gasteiger partial charge in [0.2, 0.25) is 0 Å². The number of unbranched alkanes of at least 4 members (excludes halogenated alkanes) is 9. The van der Waals surface area contributed by atoms with Crippen molar-refractivity contribution in [1.82, 2.24) is 0 Å². The molecule has 0 aliphatic carbocycles. The van der Waals surface area contributed by atoms with E-state index in [1.807, 2.05) is 0 Å². The van der Waals surface area contributed by atoms with Crippen LogP contribution in [0.2, 0.25) is 0 Å². The van der Waals surface area contributed by atoms with Crippen molar-refractivity contribution < 1.29 is 5.11 Å². The molecule has 0 saturated carbocycles. The number of rotatable bonds is 15. The number of hydrogen-bond acceptors (Lipinski definition) is 1. The highest BCUT2D eigenvalue weighted by molar-refractivity contribution is 4.78. The molecule has 0 aromatic heterocycles. The molecule has 0 aromatic rings. The second-order valence-corrected chi connectivity index (χ2v) is 6.66. The van der Waals surface area contributed by atoms with Gasteiger partial charge in [-0.2, -0.15) is 0 Å². The van der Waals surface area contributed by atoms with Crippen LogP contribution in [0.1, 0.15) is 117 Å². The topological polar surface area (TPSA) is 20.2 Å². The summed E-state index contributed by atoms with van der Waals surface area (Å²) in [5.41, 5.74) is -0.352. The van der Waals surface area contributed by atoms with E-state index in [1.165, 1.54) is 77.0 Å². The Morgan fingerprint density at radius 3 is 1.05 bits per heavy atom. The average Bonchev–Trinajstić information content (AvgIpc) is 2.45. The summed E-state index contributed by atoms with van der Waals surface area (Å²) in [6, 6.07) is 0. The first-order chi connectivity index (χ1) is 9.68. The molecule has 0 spiro atoms. The summed E-state index contributed by atoms with van der Waals surface area (Å²) in [4.78, 5) is 0. The van der Waals surface area contributed by atoms with Gasteiger partial charge >= 0.3 is 0 Å². The molecule has 0 aromatic carbocycles. The van der Waals surface area contributed by atoms with Gasteiger partial charge < -0.3 is 5.11 Å². The van der Waals surface area contributed by atoms with Crippen LogP contribution >= 0.6 is 0 Å². The first kappa shape index (κ1) is 20.0. The lowest BCUT2D eigenvalue weighted by molar-refractivity contribution is 0.00712. The third kappa shape index (κ3) is 11.8. The highest BCUT2D eigenvalue weighted by Gasteiger charge is 2.24. The van der Waals surface area contributed by atoms with Gasteiger partial charge in [-0.1, -0.05) is 97.8 Å². The van der Waals surface area contributed by atoms with E-state index in [4.69, 9.17) is 0 Å². The van der Waals surface area contributed by atoms with E-state index < -0.39 is 0 Å². The number of hydrogen-bond donors (Lipinski definition) is 1. The predicted molar refractivity (Wildman–Crippen MR) is 91.2 cm³/mol. The lowest BCUT2D eigenvalue weighted by Gasteiger charge is -2.28. The minimum Gasteiger partial charge on any atom is -0.390 e. The van der Waals surface area contributed by atoms with Crippen LogP contribution in [0.5, 0.6) is 0 Å². The maximum absolute atomic E-state index is 10.9. The van der Waals surface area contributed by atoms with Crippen molar-refractivity contribution in [3.8, 4) is 0 Å². The lowest BCUT2D eigenvalue weighted by atomic mass is 9.85. The minimum atomic E-state index is -0.352. The Morgan fingerprint density at radius 1 is 0.500 bits per heavy atom. The monoisotopic (exact) mass is 284 g/mol. The second-order valence-electron chi connectivity index (χ2n) is 6.66. The molecule has 0 radical (unpaired) electrons. The highest BCUT2D eigenvalue weighted by Crippen LogP contribution is 2.28. The van der Waals surface area contributed by atoms with Crippen molar-refractivity contribution in [1.29, 1.82) is 0 Å². The third-order valence-corrected chi connectivity index (χ3v) is 4.49. The van der Waals surface area contributed by atoms with E-state index >= 15 is 0 Å². The van der Waals surface area contributed by atoms with Gasteiger partial charge in [-0.15, -0.1) is 0 Å². The van der Waals surface area contributed by atoms with Crippen LogP contribution in [-0.4, -0.2) is 10.7 Å². The Labute approximate surface area is 128 Å². The van der Waals surface area contributed by atoms with Gasteiger partial charge in [-0.05, 0) is 19.3 Å². The lowest BCUT2D eigenvalue weighted by Crippen LogP contribution is -2.28. The second kappa shape index (κ2) is 13.9. The van der Waals surface area contributed by atoms with Gasteiger partial charge in [0.15, 0.2) is 0 Å². The summed E-state index contributed by atoms with van der Waals surface area (Å²) in [6.07, 6.45) is 18.4. The SMILES string of the molecule is CCCCCCC(O)(CCCCCC)CCCCCC. The number of aliphatic hydroxyl groups is 1. The largest absolute Gasteiger partial charge is 0.390 e. The van der Waals surface area contributed by atoms with Crippen molar-refractivity contribution in [3.63, 3.8) is 0 Å². The predicted octanol–water partition coefficient (Wildman–Crippen LogP) is 6.63. The fraction of sp³-hybridized carbons (Fsp3) is 1.00. The van der Waals surface area contributed by atoms with Crippen molar-refractivity contribution >= 4 is 0 Å². The summed E-state index contributed by atoms with van der Waals surface area (Å²) in [6.45, 7) is 6.76. The maximum Gasteiger partial charge on any atom is 0.0647 e. The minimum absolute atomic E-state index is 0.352. The highest BCUT2D eigenvalue weighted by atomic mass is 16.3. The van der Waals surface area contributed by atoms with Gasteiger partial charge in [0, 0.05) is 0 Å². The molecule has 0 atom stereocenters. The Kier molecular flexibility index (Phi) is 13.9. The van der Waals surface area contributed by atoms with Gasteiger partial charge in [0.1, 0.15) is 0 Å². The van der Waals surface area contributed by atoms with E-state index in [-0.39, 0.29) is 5.60 Å². The molecule has 0 aliphatic heterocycles. The standard InChI is InChI=1S/C19H40O/c1-4-7-10-13-16-19(20,17-14-11-8-5-2)18-15-12-9-6-3/h20H,4-18H2,1-3H3. The van der Waals surface area contributed by atoms with E-state index in [9.17, 15) is 5.11 Å². The molecule has 1 heteroatoms. The molecule has 0 fully saturated rings. The van der Waals surface area contributed by atoms with Crippen LogP contribution in [0.25, 0.3) is 0 Å². The third-order valence-electron chi connectivity index (χ3n) is 4.49. The van der Waals surface area contributed by atoms with Gasteiger partial charge in [0.05, 0.1) is 5.60 Å². The molecule has 20 heavy (non-hydrogen) atoms. The van der Waals surface area contributed by atoms with Crippen molar-refractivity contribution in [3.05, 3.63) is 0 Å². The normalized spacial score (nSPS) is 12.0. The first-order valence-corrected chi connectivity index (χ1v) is 9.41.